The number of ether oxygens (including phenoxy) is 2. The fraction of sp³-hybridized carbons (Fsp3) is 1.00. The van der Waals surface area contributed by atoms with Gasteiger partial charge in [-0.15, -0.1) is 0 Å². The van der Waals surface area contributed by atoms with Gasteiger partial charge in [-0.25, -0.2) is 0 Å². The molecular formula is C12H26O3. The largest absolute Gasteiger partial charge is 0.394 e. The molecule has 0 bridgehead atoms. The van der Waals surface area contributed by atoms with Crippen molar-refractivity contribution in [1.82, 2.24) is 0 Å². The van der Waals surface area contributed by atoms with Crippen molar-refractivity contribution in [2.75, 3.05) is 33.0 Å². The molecule has 0 aliphatic rings. The van der Waals surface area contributed by atoms with Gasteiger partial charge < -0.3 is 14.6 Å². The lowest BCUT2D eigenvalue weighted by Crippen LogP contribution is -2.11. The van der Waals surface area contributed by atoms with Crippen LogP contribution in [-0.2, 0) is 9.47 Å². The van der Waals surface area contributed by atoms with Crippen LogP contribution in [0.1, 0.15) is 39.5 Å². The van der Waals surface area contributed by atoms with Crippen molar-refractivity contribution in [3.63, 3.8) is 0 Å². The van der Waals surface area contributed by atoms with Crippen molar-refractivity contribution in [2.24, 2.45) is 5.92 Å². The molecule has 0 spiro atoms. The minimum absolute atomic E-state index is 0.0907. The first kappa shape index (κ1) is 14.9. The molecule has 1 unspecified atom stereocenters. The molecule has 0 aliphatic heterocycles. The lowest BCUT2D eigenvalue weighted by Gasteiger charge is -2.11. The first-order chi connectivity index (χ1) is 7.31. The normalized spacial score (nSPS) is 13.0. The average Bonchev–Trinajstić information content (AvgIpc) is 2.23. The first-order valence-corrected chi connectivity index (χ1v) is 6.07. The predicted molar refractivity (Wildman–Crippen MR) is 62.0 cm³/mol. The van der Waals surface area contributed by atoms with Crippen LogP contribution in [0.5, 0.6) is 0 Å². The number of aliphatic hydroxyl groups is 1. The Kier molecular flexibility index (Phi) is 11.9. The van der Waals surface area contributed by atoms with Crippen LogP contribution in [0, 0.1) is 5.92 Å². The van der Waals surface area contributed by atoms with Crippen LogP contribution in [0.15, 0.2) is 0 Å². The zero-order chi connectivity index (χ0) is 11.4. The molecule has 1 atom stereocenters. The number of aliphatic hydroxyl groups excluding tert-OH is 1. The SMILES string of the molecule is CCCCCC(C)COCCOCCO. The van der Waals surface area contributed by atoms with E-state index in [4.69, 9.17) is 14.6 Å². The zero-order valence-electron chi connectivity index (χ0n) is 10.2. The minimum atomic E-state index is 0.0907. The first-order valence-electron chi connectivity index (χ1n) is 6.07. The van der Waals surface area contributed by atoms with Crippen molar-refractivity contribution >= 4 is 0 Å². The molecule has 0 aromatic carbocycles. The average molecular weight is 218 g/mol. The van der Waals surface area contributed by atoms with Gasteiger partial charge in [0.2, 0.25) is 0 Å². The summed E-state index contributed by atoms with van der Waals surface area (Å²) >= 11 is 0. The summed E-state index contributed by atoms with van der Waals surface area (Å²) in [7, 11) is 0. The van der Waals surface area contributed by atoms with Gasteiger partial charge in [0.05, 0.1) is 26.4 Å². The number of rotatable bonds is 11. The van der Waals surface area contributed by atoms with Gasteiger partial charge in [-0.05, 0) is 12.3 Å². The summed E-state index contributed by atoms with van der Waals surface area (Å²) in [5, 5.41) is 8.47. The molecule has 0 rings (SSSR count). The molecule has 0 heterocycles. The van der Waals surface area contributed by atoms with Gasteiger partial charge in [-0.1, -0.05) is 33.1 Å². The molecule has 0 amide bonds. The quantitative estimate of drug-likeness (QED) is 0.540. The summed E-state index contributed by atoms with van der Waals surface area (Å²) in [6, 6.07) is 0. The standard InChI is InChI=1S/C12H26O3/c1-3-4-5-6-12(2)11-15-10-9-14-8-7-13/h12-13H,3-11H2,1-2H3. The smallest absolute Gasteiger partial charge is 0.0701 e. The topological polar surface area (TPSA) is 38.7 Å². The van der Waals surface area contributed by atoms with E-state index in [1.807, 2.05) is 0 Å². The van der Waals surface area contributed by atoms with Crippen LogP contribution in [-0.4, -0.2) is 38.1 Å². The second-order valence-corrected chi connectivity index (χ2v) is 4.01. The molecule has 0 radical (unpaired) electrons. The number of unbranched alkanes of at least 4 members (excludes halogenated alkanes) is 2. The molecule has 1 N–H and O–H groups in total. The third kappa shape index (κ3) is 11.8. The highest BCUT2D eigenvalue weighted by Crippen LogP contribution is 2.09. The maximum Gasteiger partial charge on any atom is 0.0701 e. The van der Waals surface area contributed by atoms with Gasteiger partial charge in [0.25, 0.3) is 0 Å². The predicted octanol–water partition coefficient (Wildman–Crippen LogP) is 2.23. The second-order valence-electron chi connectivity index (χ2n) is 4.01. The summed E-state index contributed by atoms with van der Waals surface area (Å²) in [6.07, 6.45) is 5.17. The fourth-order valence-corrected chi connectivity index (χ4v) is 1.40. The summed E-state index contributed by atoms with van der Waals surface area (Å²) in [6.45, 7) is 7.00. The molecule has 92 valence electrons. The van der Waals surface area contributed by atoms with Gasteiger partial charge in [0.1, 0.15) is 0 Å². The number of hydrogen-bond donors (Lipinski definition) is 1. The van der Waals surface area contributed by atoms with E-state index in [-0.39, 0.29) is 6.61 Å². The van der Waals surface area contributed by atoms with Gasteiger partial charge in [-0.2, -0.15) is 0 Å². The Balaban J connectivity index is 3.06. The number of hydrogen-bond acceptors (Lipinski definition) is 3. The Hall–Kier alpha value is -0.120. The molecule has 0 aromatic rings. The van der Waals surface area contributed by atoms with Crippen molar-refractivity contribution in [2.45, 2.75) is 39.5 Å². The Bertz CT molecular complexity index is 117. The van der Waals surface area contributed by atoms with Crippen LogP contribution in [0.3, 0.4) is 0 Å². The van der Waals surface area contributed by atoms with Crippen molar-refractivity contribution in [3.05, 3.63) is 0 Å². The van der Waals surface area contributed by atoms with Crippen LogP contribution < -0.4 is 0 Å². The summed E-state index contributed by atoms with van der Waals surface area (Å²) in [4.78, 5) is 0. The van der Waals surface area contributed by atoms with Gasteiger partial charge in [-0.3, -0.25) is 0 Å². The van der Waals surface area contributed by atoms with Crippen LogP contribution in [0.4, 0.5) is 0 Å². The Morgan fingerprint density at radius 2 is 1.80 bits per heavy atom. The van der Waals surface area contributed by atoms with Crippen molar-refractivity contribution in [3.8, 4) is 0 Å². The molecule has 3 heteroatoms. The monoisotopic (exact) mass is 218 g/mol. The van der Waals surface area contributed by atoms with E-state index in [9.17, 15) is 0 Å². The van der Waals surface area contributed by atoms with E-state index in [1.54, 1.807) is 0 Å². The Morgan fingerprint density at radius 3 is 2.47 bits per heavy atom. The van der Waals surface area contributed by atoms with Crippen molar-refractivity contribution < 1.29 is 14.6 Å². The van der Waals surface area contributed by atoms with Crippen molar-refractivity contribution in [1.29, 1.82) is 0 Å². The highest BCUT2D eigenvalue weighted by Gasteiger charge is 2.01. The highest BCUT2D eigenvalue weighted by atomic mass is 16.5. The van der Waals surface area contributed by atoms with Crippen LogP contribution in [0.2, 0.25) is 0 Å². The summed E-state index contributed by atoms with van der Waals surface area (Å²) in [5.41, 5.74) is 0. The van der Waals surface area contributed by atoms with Gasteiger partial charge in [0, 0.05) is 6.61 Å². The molecule has 0 saturated carbocycles. The third-order valence-electron chi connectivity index (χ3n) is 2.31. The molecule has 0 saturated heterocycles. The molecule has 0 fully saturated rings. The fourth-order valence-electron chi connectivity index (χ4n) is 1.40. The van der Waals surface area contributed by atoms with E-state index >= 15 is 0 Å². The molecule has 0 aliphatic carbocycles. The maximum atomic E-state index is 8.47. The van der Waals surface area contributed by atoms with E-state index in [0.29, 0.717) is 25.7 Å². The lowest BCUT2D eigenvalue weighted by molar-refractivity contribution is 0.0228. The zero-order valence-corrected chi connectivity index (χ0v) is 10.2. The van der Waals surface area contributed by atoms with E-state index < -0.39 is 0 Å². The third-order valence-corrected chi connectivity index (χ3v) is 2.31. The van der Waals surface area contributed by atoms with E-state index in [1.165, 1.54) is 25.7 Å². The van der Waals surface area contributed by atoms with Gasteiger partial charge >= 0.3 is 0 Å². The molecule has 3 nitrogen and oxygen atoms in total. The summed E-state index contributed by atoms with van der Waals surface area (Å²) < 4.78 is 10.6. The van der Waals surface area contributed by atoms with E-state index in [2.05, 4.69) is 13.8 Å². The summed E-state index contributed by atoms with van der Waals surface area (Å²) in [5.74, 6) is 0.648. The van der Waals surface area contributed by atoms with Gasteiger partial charge in [0.15, 0.2) is 0 Å². The maximum absolute atomic E-state index is 8.47. The Labute approximate surface area is 93.8 Å². The molecule has 15 heavy (non-hydrogen) atoms. The lowest BCUT2D eigenvalue weighted by atomic mass is 10.0. The van der Waals surface area contributed by atoms with Crippen LogP contribution >= 0.6 is 0 Å². The highest BCUT2D eigenvalue weighted by molar-refractivity contribution is 4.51. The Morgan fingerprint density at radius 1 is 1.07 bits per heavy atom. The molecular weight excluding hydrogens is 192 g/mol. The second kappa shape index (κ2) is 12.0. The minimum Gasteiger partial charge on any atom is -0.394 e. The molecule has 0 aromatic heterocycles. The van der Waals surface area contributed by atoms with E-state index in [0.717, 1.165) is 6.61 Å². The van der Waals surface area contributed by atoms with Crippen LogP contribution in [0.25, 0.3) is 0 Å².